The van der Waals surface area contributed by atoms with E-state index in [1.807, 2.05) is 48.4 Å². The lowest BCUT2D eigenvalue weighted by Crippen LogP contribution is -2.41. The van der Waals surface area contributed by atoms with Crippen molar-refractivity contribution in [2.24, 2.45) is 0 Å². The Bertz CT molecular complexity index is 692. The van der Waals surface area contributed by atoms with Crippen molar-refractivity contribution in [2.75, 3.05) is 32.1 Å². The normalized spacial score (nSPS) is 17.8. The number of pyridine rings is 1. The predicted octanol–water partition coefficient (Wildman–Crippen LogP) is 2.38. The number of piperidine rings is 1. The topological polar surface area (TPSA) is 54.3 Å². The minimum Gasteiger partial charge on any atom is -0.363 e. The minimum atomic E-state index is 0.0654. The van der Waals surface area contributed by atoms with Crippen LogP contribution < -0.4 is 4.90 Å². The van der Waals surface area contributed by atoms with Crippen LogP contribution >= 0.6 is 0 Å². The van der Waals surface area contributed by atoms with Crippen LogP contribution in [0.2, 0.25) is 0 Å². The second kappa shape index (κ2) is 7.03. The summed E-state index contributed by atoms with van der Waals surface area (Å²) in [7, 11) is 3.88. The molecule has 1 amide bonds. The third-order valence-corrected chi connectivity index (χ3v) is 4.60. The van der Waals surface area contributed by atoms with Crippen LogP contribution in [0.1, 0.15) is 42.0 Å². The first-order valence-electron chi connectivity index (χ1n) is 8.54. The number of anilines is 1. The van der Waals surface area contributed by atoms with Gasteiger partial charge in [-0.25, -0.2) is 9.97 Å². The number of likely N-dealkylation sites (tertiary alicyclic amines) is 1. The maximum Gasteiger partial charge on any atom is 0.255 e. The van der Waals surface area contributed by atoms with Crippen LogP contribution in [0.4, 0.5) is 5.82 Å². The molecular weight excluding hydrogens is 302 g/mol. The van der Waals surface area contributed by atoms with Crippen molar-refractivity contribution >= 4 is 11.7 Å². The molecule has 0 radical (unpaired) electrons. The fourth-order valence-corrected chi connectivity index (χ4v) is 3.28. The summed E-state index contributed by atoms with van der Waals surface area (Å²) in [5.41, 5.74) is 0.655. The number of nitrogens with zero attached hydrogens (tertiary/aromatic N) is 5. The predicted molar refractivity (Wildman–Crippen MR) is 94.3 cm³/mol. The van der Waals surface area contributed by atoms with E-state index in [0.717, 1.165) is 44.0 Å². The molecule has 24 heavy (non-hydrogen) atoms. The van der Waals surface area contributed by atoms with Crippen molar-refractivity contribution in [3.63, 3.8) is 0 Å². The lowest BCUT2D eigenvalue weighted by molar-refractivity contribution is 0.0677. The zero-order valence-corrected chi connectivity index (χ0v) is 14.6. The highest BCUT2D eigenvalue weighted by Crippen LogP contribution is 2.24. The van der Waals surface area contributed by atoms with E-state index in [1.54, 1.807) is 6.20 Å². The highest BCUT2D eigenvalue weighted by Gasteiger charge is 2.26. The Morgan fingerprint density at radius 1 is 1.33 bits per heavy atom. The van der Waals surface area contributed by atoms with Crippen molar-refractivity contribution in [3.8, 4) is 0 Å². The Morgan fingerprint density at radius 2 is 2.17 bits per heavy atom. The maximum absolute atomic E-state index is 12.8. The van der Waals surface area contributed by atoms with Gasteiger partial charge in [-0.3, -0.25) is 4.79 Å². The van der Waals surface area contributed by atoms with E-state index >= 15 is 0 Å². The van der Waals surface area contributed by atoms with Crippen LogP contribution in [-0.2, 0) is 6.42 Å². The second-order valence-corrected chi connectivity index (χ2v) is 6.45. The van der Waals surface area contributed by atoms with Gasteiger partial charge in [-0.1, -0.05) is 6.92 Å². The molecule has 1 aliphatic rings. The van der Waals surface area contributed by atoms with Crippen LogP contribution in [0, 0.1) is 0 Å². The summed E-state index contributed by atoms with van der Waals surface area (Å²) >= 11 is 0. The van der Waals surface area contributed by atoms with E-state index in [9.17, 15) is 4.79 Å². The molecule has 0 aromatic carbocycles. The van der Waals surface area contributed by atoms with E-state index in [2.05, 4.69) is 21.5 Å². The number of rotatable bonds is 4. The lowest BCUT2D eigenvalue weighted by atomic mass is 10.0. The van der Waals surface area contributed by atoms with Gasteiger partial charge in [0.05, 0.1) is 11.6 Å². The van der Waals surface area contributed by atoms with E-state index in [0.29, 0.717) is 11.6 Å². The van der Waals surface area contributed by atoms with Crippen molar-refractivity contribution in [3.05, 3.63) is 42.1 Å². The highest BCUT2D eigenvalue weighted by molar-refractivity contribution is 5.94. The number of aryl methyl sites for hydroxylation is 1. The van der Waals surface area contributed by atoms with E-state index in [1.165, 1.54) is 0 Å². The molecule has 0 aliphatic carbocycles. The van der Waals surface area contributed by atoms with E-state index in [-0.39, 0.29) is 5.91 Å². The Morgan fingerprint density at radius 3 is 2.83 bits per heavy atom. The van der Waals surface area contributed by atoms with Gasteiger partial charge in [0.2, 0.25) is 0 Å². The van der Waals surface area contributed by atoms with Gasteiger partial charge < -0.3 is 14.4 Å². The molecule has 1 saturated heterocycles. The maximum atomic E-state index is 12.8. The van der Waals surface area contributed by atoms with E-state index < -0.39 is 0 Å². The molecule has 0 N–H and O–H groups in total. The van der Waals surface area contributed by atoms with Crippen molar-refractivity contribution in [1.29, 1.82) is 0 Å². The Labute approximate surface area is 143 Å². The van der Waals surface area contributed by atoms with Crippen molar-refractivity contribution in [2.45, 2.75) is 32.2 Å². The molecule has 0 unspecified atom stereocenters. The van der Waals surface area contributed by atoms with Crippen molar-refractivity contribution < 1.29 is 4.79 Å². The fraction of sp³-hybridized carbons (Fsp3) is 0.500. The third-order valence-electron chi connectivity index (χ3n) is 4.60. The third kappa shape index (κ3) is 3.27. The molecule has 6 nitrogen and oxygen atoms in total. The molecule has 2 aromatic rings. The molecule has 2 aromatic heterocycles. The molecular formula is C18H25N5O. The van der Waals surface area contributed by atoms with Crippen LogP contribution in [-0.4, -0.2) is 52.5 Å². The zero-order valence-electron chi connectivity index (χ0n) is 14.6. The summed E-state index contributed by atoms with van der Waals surface area (Å²) in [4.78, 5) is 25.4. The Kier molecular flexibility index (Phi) is 4.83. The summed E-state index contributed by atoms with van der Waals surface area (Å²) in [6.07, 6.45) is 8.57. The number of aromatic nitrogens is 3. The number of carbonyl (C=O) groups is 1. The van der Waals surface area contributed by atoms with Crippen LogP contribution in [0.15, 0.2) is 30.7 Å². The van der Waals surface area contributed by atoms with Gasteiger partial charge in [-0.2, -0.15) is 0 Å². The van der Waals surface area contributed by atoms with Gasteiger partial charge in [0, 0.05) is 52.2 Å². The van der Waals surface area contributed by atoms with Gasteiger partial charge in [0.25, 0.3) is 5.91 Å². The zero-order chi connectivity index (χ0) is 17.1. The molecule has 3 rings (SSSR count). The minimum absolute atomic E-state index is 0.0654. The quantitative estimate of drug-likeness (QED) is 0.865. The summed E-state index contributed by atoms with van der Waals surface area (Å²) in [6, 6.07) is 4.07. The molecule has 1 fully saturated rings. The second-order valence-electron chi connectivity index (χ2n) is 6.45. The summed E-state index contributed by atoms with van der Waals surface area (Å²) < 4.78 is 2.23. The molecule has 0 saturated carbocycles. The Balaban J connectivity index is 1.73. The fourth-order valence-electron chi connectivity index (χ4n) is 3.28. The van der Waals surface area contributed by atoms with Crippen LogP contribution in [0.25, 0.3) is 0 Å². The van der Waals surface area contributed by atoms with Gasteiger partial charge in [0.15, 0.2) is 0 Å². The van der Waals surface area contributed by atoms with E-state index in [4.69, 9.17) is 0 Å². The first kappa shape index (κ1) is 16.5. The first-order valence-corrected chi connectivity index (χ1v) is 8.54. The van der Waals surface area contributed by atoms with Crippen LogP contribution in [0.5, 0.6) is 0 Å². The van der Waals surface area contributed by atoms with Gasteiger partial charge in [-0.15, -0.1) is 0 Å². The highest BCUT2D eigenvalue weighted by atomic mass is 16.2. The molecule has 3 heterocycles. The molecule has 0 bridgehead atoms. The SMILES string of the molecule is CCc1nccn1[C@@H]1CCCN(C(=O)c2ccc(N(C)C)nc2)C1. The average Bonchev–Trinajstić information content (AvgIpc) is 3.10. The molecule has 1 aliphatic heterocycles. The number of hydrogen-bond acceptors (Lipinski definition) is 4. The largest absolute Gasteiger partial charge is 0.363 e. The molecule has 0 spiro atoms. The molecule has 128 valence electrons. The molecule has 1 atom stereocenters. The number of imidazole rings is 1. The summed E-state index contributed by atoms with van der Waals surface area (Å²) in [5, 5.41) is 0. The van der Waals surface area contributed by atoms with Gasteiger partial charge in [-0.05, 0) is 25.0 Å². The standard InChI is InChI=1S/C18H25N5O/c1-4-16-19-9-11-23(16)15-6-5-10-22(13-15)18(24)14-7-8-17(20-12-14)21(2)3/h7-9,11-12,15H,4-6,10,13H2,1-3H3/t15-/m1/s1. The number of amides is 1. The van der Waals surface area contributed by atoms with Crippen LogP contribution in [0.3, 0.4) is 0 Å². The number of hydrogen-bond donors (Lipinski definition) is 0. The smallest absolute Gasteiger partial charge is 0.255 e. The summed E-state index contributed by atoms with van der Waals surface area (Å²) in [6.45, 7) is 3.65. The number of carbonyl (C=O) groups excluding carboxylic acids is 1. The average molecular weight is 327 g/mol. The summed E-state index contributed by atoms with van der Waals surface area (Å²) in [5.74, 6) is 2.01. The van der Waals surface area contributed by atoms with Gasteiger partial charge in [0.1, 0.15) is 11.6 Å². The monoisotopic (exact) mass is 327 g/mol. The first-order chi connectivity index (χ1) is 11.6. The van der Waals surface area contributed by atoms with Crippen molar-refractivity contribution in [1.82, 2.24) is 19.4 Å². The molecule has 6 heteroatoms. The lowest BCUT2D eigenvalue weighted by Gasteiger charge is -2.34. The Hall–Kier alpha value is -2.37. The van der Waals surface area contributed by atoms with Gasteiger partial charge >= 0.3 is 0 Å².